The first-order valence-electron chi connectivity index (χ1n) is 12.5. The minimum absolute atomic E-state index is 0.233. The summed E-state index contributed by atoms with van der Waals surface area (Å²) in [5.74, 6) is -3.56. The quantitative estimate of drug-likeness (QED) is 0.262. The van der Waals surface area contributed by atoms with E-state index < -0.39 is 41.7 Å². The predicted molar refractivity (Wildman–Crippen MR) is 149 cm³/mol. The Labute approximate surface area is 229 Å². The lowest BCUT2D eigenvalue weighted by molar-refractivity contribution is -0.142. The number of nitrogens with one attached hydrogen (secondary N) is 1. The Morgan fingerprint density at radius 2 is 1.62 bits per heavy atom. The molecule has 39 heavy (non-hydrogen) atoms. The molecule has 1 saturated heterocycles. The Kier molecular flexibility index (Phi) is 7.30. The summed E-state index contributed by atoms with van der Waals surface area (Å²) in [7, 11) is 0. The van der Waals surface area contributed by atoms with Gasteiger partial charge < -0.3 is 15.3 Å². The molecule has 3 aromatic carbocycles. The molecule has 0 aliphatic carbocycles. The summed E-state index contributed by atoms with van der Waals surface area (Å²) in [5.41, 5.74) is 3.34. The monoisotopic (exact) mass is 542 g/mol. The summed E-state index contributed by atoms with van der Waals surface area (Å²) in [6.45, 7) is 3.83. The lowest BCUT2D eigenvalue weighted by Gasteiger charge is -2.30. The number of anilines is 1. The normalized spacial score (nSPS) is 20.5. The number of hydrogen-bond acceptors (Lipinski definition) is 4. The number of carbonyl (C=O) groups excluding carboxylic acids is 2. The summed E-state index contributed by atoms with van der Waals surface area (Å²) < 4.78 is 13.5. The fraction of sp³-hybridized carbons (Fsp3) is 0.194. The number of aliphatic carboxylic acids is 1. The number of hydrogen-bond donors (Lipinski definition) is 2. The van der Waals surface area contributed by atoms with Crippen molar-refractivity contribution in [3.05, 3.63) is 123 Å². The molecule has 0 spiro atoms. The van der Waals surface area contributed by atoms with Gasteiger partial charge >= 0.3 is 12.0 Å². The number of nitrogens with zero attached hydrogens (tertiary/aromatic N) is 1. The van der Waals surface area contributed by atoms with E-state index in [0.717, 1.165) is 11.1 Å². The first kappa shape index (κ1) is 26.3. The average Bonchev–Trinajstić information content (AvgIpc) is 3.56. The van der Waals surface area contributed by atoms with Crippen molar-refractivity contribution in [2.75, 3.05) is 5.32 Å². The van der Waals surface area contributed by atoms with Crippen molar-refractivity contribution < 1.29 is 23.9 Å². The lowest BCUT2D eigenvalue weighted by Crippen LogP contribution is -2.45. The van der Waals surface area contributed by atoms with Crippen LogP contribution in [-0.2, 0) is 4.79 Å². The highest BCUT2D eigenvalue weighted by atomic mass is 32.1. The van der Waals surface area contributed by atoms with E-state index in [1.807, 2.05) is 67.8 Å². The molecule has 4 unspecified atom stereocenters. The number of carboxylic acids is 1. The van der Waals surface area contributed by atoms with E-state index in [1.165, 1.54) is 40.5 Å². The number of carboxylic acid groups (broad SMARTS) is 1. The molecule has 4 aromatic rings. The molecule has 2 N–H and O–H groups in total. The molecule has 0 radical (unpaired) electrons. The summed E-state index contributed by atoms with van der Waals surface area (Å²) in [6.07, 6.45) is 0. The number of aryl methyl sites for hydroxylation is 2. The summed E-state index contributed by atoms with van der Waals surface area (Å²) in [6, 6.07) is 20.6. The van der Waals surface area contributed by atoms with Crippen LogP contribution in [0.3, 0.4) is 0 Å². The third kappa shape index (κ3) is 5.20. The van der Waals surface area contributed by atoms with Gasteiger partial charge in [0.1, 0.15) is 11.9 Å². The average molecular weight is 543 g/mol. The largest absolute Gasteiger partial charge is 0.480 e. The molecule has 1 fully saturated rings. The molecule has 4 atom stereocenters. The summed E-state index contributed by atoms with van der Waals surface area (Å²) in [4.78, 5) is 43.1. The Morgan fingerprint density at radius 3 is 2.23 bits per heavy atom. The van der Waals surface area contributed by atoms with Crippen molar-refractivity contribution in [2.45, 2.75) is 31.8 Å². The molecule has 2 heterocycles. The van der Waals surface area contributed by atoms with E-state index in [4.69, 9.17) is 0 Å². The van der Waals surface area contributed by atoms with E-state index in [1.54, 1.807) is 12.1 Å². The molecule has 0 saturated carbocycles. The van der Waals surface area contributed by atoms with E-state index >= 15 is 0 Å². The second-order valence-corrected chi connectivity index (χ2v) is 10.8. The van der Waals surface area contributed by atoms with Crippen LogP contribution in [0, 0.1) is 25.6 Å². The molecule has 1 aromatic heterocycles. The topological polar surface area (TPSA) is 86.7 Å². The van der Waals surface area contributed by atoms with Gasteiger partial charge in [0.25, 0.3) is 0 Å². The third-order valence-electron chi connectivity index (χ3n) is 7.14. The lowest BCUT2D eigenvalue weighted by atomic mass is 9.78. The van der Waals surface area contributed by atoms with Crippen LogP contribution in [0.2, 0.25) is 0 Å². The van der Waals surface area contributed by atoms with Crippen LogP contribution >= 0.6 is 11.3 Å². The Balaban J connectivity index is 1.69. The SMILES string of the molecule is Cc1ccc(C(=O)C2C(c3cccs3)C(C(=O)O)N(C(=O)Nc3ccc(F)cc3)C2c2cccc(C)c2)cc1. The van der Waals surface area contributed by atoms with Crippen LogP contribution < -0.4 is 5.32 Å². The molecule has 1 aliphatic heterocycles. The van der Waals surface area contributed by atoms with Crippen LogP contribution in [0.1, 0.15) is 43.9 Å². The summed E-state index contributed by atoms with van der Waals surface area (Å²) >= 11 is 1.36. The fourth-order valence-corrected chi connectivity index (χ4v) is 6.31. The molecular weight excluding hydrogens is 515 g/mol. The van der Waals surface area contributed by atoms with Gasteiger partial charge in [-0.1, -0.05) is 65.7 Å². The maximum absolute atomic E-state index is 14.3. The molecule has 0 bridgehead atoms. The summed E-state index contributed by atoms with van der Waals surface area (Å²) in [5, 5.41) is 15.1. The van der Waals surface area contributed by atoms with Crippen molar-refractivity contribution in [3.63, 3.8) is 0 Å². The molecule has 8 heteroatoms. The predicted octanol–water partition coefficient (Wildman–Crippen LogP) is 6.83. The Hall–Kier alpha value is -4.30. The molecule has 1 aliphatic rings. The first-order chi connectivity index (χ1) is 18.7. The Bertz CT molecular complexity index is 1500. The maximum atomic E-state index is 14.3. The van der Waals surface area contributed by atoms with Gasteiger partial charge in [-0.3, -0.25) is 4.79 Å². The highest BCUT2D eigenvalue weighted by Crippen LogP contribution is 2.52. The number of amides is 2. The van der Waals surface area contributed by atoms with Crippen molar-refractivity contribution in [1.29, 1.82) is 0 Å². The van der Waals surface area contributed by atoms with Crippen LogP contribution in [-0.4, -0.2) is 33.8 Å². The smallest absolute Gasteiger partial charge is 0.327 e. The van der Waals surface area contributed by atoms with Gasteiger partial charge in [-0.15, -0.1) is 11.3 Å². The zero-order valence-electron chi connectivity index (χ0n) is 21.4. The number of thiophene rings is 1. The number of benzene rings is 3. The zero-order chi connectivity index (χ0) is 27.7. The number of halogens is 1. The van der Waals surface area contributed by atoms with Gasteiger partial charge in [0.2, 0.25) is 0 Å². The number of Topliss-reactive ketones (excluding diaryl/α,β-unsaturated/α-hetero) is 1. The van der Waals surface area contributed by atoms with E-state index in [2.05, 4.69) is 5.32 Å². The number of urea groups is 1. The van der Waals surface area contributed by atoms with Crippen molar-refractivity contribution in [2.24, 2.45) is 5.92 Å². The van der Waals surface area contributed by atoms with E-state index in [9.17, 15) is 23.9 Å². The number of ketones is 1. The number of carbonyl (C=O) groups is 3. The van der Waals surface area contributed by atoms with Crippen molar-refractivity contribution in [1.82, 2.24) is 4.90 Å². The highest BCUT2D eigenvalue weighted by molar-refractivity contribution is 7.10. The number of likely N-dealkylation sites (tertiary alicyclic amines) is 1. The van der Waals surface area contributed by atoms with Gasteiger partial charge in [-0.05, 0) is 55.1 Å². The van der Waals surface area contributed by atoms with Gasteiger partial charge in [-0.2, -0.15) is 0 Å². The van der Waals surface area contributed by atoms with Gasteiger partial charge in [-0.25, -0.2) is 14.0 Å². The van der Waals surface area contributed by atoms with Gasteiger partial charge in [0, 0.05) is 22.0 Å². The fourth-order valence-electron chi connectivity index (χ4n) is 5.41. The van der Waals surface area contributed by atoms with Crippen LogP contribution in [0.5, 0.6) is 0 Å². The second kappa shape index (κ2) is 10.8. The molecular formula is C31H27FN2O4S. The van der Waals surface area contributed by atoms with Gasteiger partial charge in [0.05, 0.1) is 12.0 Å². The minimum Gasteiger partial charge on any atom is -0.480 e. The molecule has 6 nitrogen and oxygen atoms in total. The Morgan fingerprint density at radius 1 is 0.897 bits per heavy atom. The second-order valence-electron chi connectivity index (χ2n) is 9.78. The standard InChI is InChI=1S/C31H27FN2O4S/c1-18-8-10-20(11-9-18)29(35)26-25(24-7-4-16-39-24)28(30(36)37)34(27(26)21-6-3-5-19(2)17-21)31(38)33-23-14-12-22(32)13-15-23/h3-17,25-28H,1-2H3,(H,33,38)(H,36,37). The van der Waals surface area contributed by atoms with Crippen LogP contribution in [0.25, 0.3) is 0 Å². The minimum atomic E-state index is -1.32. The van der Waals surface area contributed by atoms with E-state index in [-0.39, 0.29) is 5.78 Å². The third-order valence-corrected chi connectivity index (χ3v) is 8.12. The molecule has 198 valence electrons. The first-order valence-corrected chi connectivity index (χ1v) is 13.4. The van der Waals surface area contributed by atoms with Crippen LogP contribution in [0.15, 0.2) is 90.3 Å². The number of rotatable bonds is 6. The zero-order valence-corrected chi connectivity index (χ0v) is 22.2. The molecule has 2 amide bonds. The van der Waals surface area contributed by atoms with Crippen molar-refractivity contribution in [3.8, 4) is 0 Å². The van der Waals surface area contributed by atoms with Crippen molar-refractivity contribution >= 4 is 34.8 Å². The van der Waals surface area contributed by atoms with E-state index in [0.29, 0.717) is 21.7 Å². The molecule has 5 rings (SSSR count). The maximum Gasteiger partial charge on any atom is 0.327 e. The highest BCUT2D eigenvalue weighted by Gasteiger charge is 2.58. The van der Waals surface area contributed by atoms with Crippen LogP contribution in [0.4, 0.5) is 14.9 Å². The van der Waals surface area contributed by atoms with Gasteiger partial charge in [0.15, 0.2) is 5.78 Å².